The zero-order chi connectivity index (χ0) is 10.4. The lowest BCUT2D eigenvalue weighted by Gasteiger charge is -2.30. The molecule has 1 aliphatic heterocycles. The number of likely N-dealkylation sites (N-methyl/N-ethyl adjacent to an activating group) is 1. The van der Waals surface area contributed by atoms with E-state index in [1.54, 1.807) is 0 Å². The lowest BCUT2D eigenvalue weighted by Crippen LogP contribution is -2.41. The summed E-state index contributed by atoms with van der Waals surface area (Å²) in [7, 11) is 0. The van der Waals surface area contributed by atoms with E-state index in [-0.39, 0.29) is 12.5 Å². The summed E-state index contributed by atoms with van der Waals surface area (Å²) in [6.07, 6.45) is 2.02. The topological polar surface area (TPSA) is 52.6 Å². The number of carbonyl (C=O) groups is 1. The van der Waals surface area contributed by atoms with Crippen LogP contribution in [0.25, 0.3) is 0 Å². The van der Waals surface area contributed by atoms with E-state index in [2.05, 4.69) is 10.2 Å². The van der Waals surface area contributed by atoms with Crippen LogP contribution in [0.5, 0.6) is 0 Å². The number of hydrogen-bond acceptors (Lipinski definition) is 3. The minimum atomic E-state index is 0.106. The molecule has 0 aliphatic carbocycles. The second-order valence-electron chi connectivity index (χ2n) is 3.86. The fourth-order valence-corrected chi connectivity index (χ4v) is 1.78. The van der Waals surface area contributed by atoms with E-state index in [1.807, 2.05) is 6.92 Å². The van der Waals surface area contributed by atoms with Crippen molar-refractivity contribution in [3.63, 3.8) is 0 Å². The number of likely N-dealkylation sites (tertiary alicyclic amines) is 1. The quantitative estimate of drug-likeness (QED) is 0.662. The van der Waals surface area contributed by atoms with Crippen molar-refractivity contribution < 1.29 is 9.90 Å². The standard InChI is InChI=1S/C10H20N2O2/c1-2-11-10(14)7-12-5-3-9(8-13)4-6-12/h9,13H,2-8H2,1H3,(H,11,14). The predicted molar refractivity (Wildman–Crippen MR) is 54.9 cm³/mol. The van der Waals surface area contributed by atoms with Gasteiger partial charge in [0.2, 0.25) is 5.91 Å². The number of aliphatic hydroxyl groups is 1. The summed E-state index contributed by atoms with van der Waals surface area (Å²) < 4.78 is 0. The maximum Gasteiger partial charge on any atom is 0.234 e. The van der Waals surface area contributed by atoms with Gasteiger partial charge < -0.3 is 10.4 Å². The van der Waals surface area contributed by atoms with Crippen LogP contribution in [-0.2, 0) is 4.79 Å². The van der Waals surface area contributed by atoms with Gasteiger partial charge in [0.15, 0.2) is 0 Å². The van der Waals surface area contributed by atoms with Crippen molar-refractivity contribution in [2.75, 3.05) is 32.8 Å². The Morgan fingerprint density at radius 1 is 1.50 bits per heavy atom. The molecule has 14 heavy (non-hydrogen) atoms. The Bertz CT molecular complexity index is 177. The fourth-order valence-electron chi connectivity index (χ4n) is 1.78. The van der Waals surface area contributed by atoms with Gasteiger partial charge in [0.1, 0.15) is 0 Å². The molecule has 0 bridgehead atoms. The summed E-state index contributed by atoms with van der Waals surface area (Å²) in [6.45, 7) is 5.29. The number of rotatable bonds is 4. The number of hydrogen-bond donors (Lipinski definition) is 2. The van der Waals surface area contributed by atoms with Gasteiger partial charge in [-0.2, -0.15) is 0 Å². The first-order valence-corrected chi connectivity index (χ1v) is 5.36. The first-order chi connectivity index (χ1) is 6.76. The van der Waals surface area contributed by atoms with E-state index < -0.39 is 0 Å². The molecule has 4 heteroatoms. The first-order valence-electron chi connectivity index (χ1n) is 5.36. The number of carbonyl (C=O) groups excluding carboxylic acids is 1. The van der Waals surface area contributed by atoms with Crippen molar-refractivity contribution in [3.8, 4) is 0 Å². The average molecular weight is 200 g/mol. The highest BCUT2D eigenvalue weighted by molar-refractivity contribution is 5.77. The number of amides is 1. The van der Waals surface area contributed by atoms with Gasteiger partial charge in [0, 0.05) is 13.2 Å². The van der Waals surface area contributed by atoms with Crippen LogP contribution in [0, 0.1) is 5.92 Å². The molecular weight excluding hydrogens is 180 g/mol. The van der Waals surface area contributed by atoms with Crippen molar-refractivity contribution in [1.29, 1.82) is 0 Å². The Morgan fingerprint density at radius 3 is 2.64 bits per heavy atom. The Morgan fingerprint density at radius 2 is 2.14 bits per heavy atom. The van der Waals surface area contributed by atoms with Gasteiger partial charge in [0.05, 0.1) is 6.54 Å². The molecule has 0 spiro atoms. The van der Waals surface area contributed by atoms with Crippen LogP contribution in [-0.4, -0.2) is 48.7 Å². The molecule has 4 nitrogen and oxygen atoms in total. The molecule has 0 aromatic heterocycles. The van der Waals surface area contributed by atoms with Crippen molar-refractivity contribution >= 4 is 5.91 Å². The third-order valence-corrected chi connectivity index (χ3v) is 2.71. The molecule has 0 atom stereocenters. The Labute approximate surface area is 85.3 Å². The Kier molecular flexibility index (Phi) is 4.90. The zero-order valence-electron chi connectivity index (χ0n) is 8.83. The van der Waals surface area contributed by atoms with Crippen molar-refractivity contribution in [1.82, 2.24) is 10.2 Å². The van der Waals surface area contributed by atoms with E-state index in [9.17, 15) is 4.79 Å². The molecule has 0 radical (unpaired) electrons. The van der Waals surface area contributed by atoms with Crippen LogP contribution in [0.1, 0.15) is 19.8 Å². The smallest absolute Gasteiger partial charge is 0.234 e. The van der Waals surface area contributed by atoms with Gasteiger partial charge >= 0.3 is 0 Å². The molecule has 82 valence electrons. The van der Waals surface area contributed by atoms with Gasteiger partial charge in [0.25, 0.3) is 0 Å². The van der Waals surface area contributed by atoms with Crippen LogP contribution in [0.4, 0.5) is 0 Å². The zero-order valence-corrected chi connectivity index (χ0v) is 8.83. The molecular formula is C10H20N2O2. The lowest BCUT2D eigenvalue weighted by atomic mass is 9.98. The minimum absolute atomic E-state index is 0.106. The molecule has 1 fully saturated rings. The van der Waals surface area contributed by atoms with Crippen LogP contribution in [0.15, 0.2) is 0 Å². The van der Waals surface area contributed by atoms with Crippen LogP contribution < -0.4 is 5.32 Å². The normalized spacial score (nSPS) is 19.6. The Balaban J connectivity index is 2.18. The van der Waals surface area contributed by atoms with Crippen molar-refractivity contribution in [2.24, 2.45) is 5.92 Å². The van der Waals surface area contributed by atoms with Crippen LogP contribution in [0.3, 0.4) is 0 Å². The monoisotopic (exact) mass is 200 g/mol. The van der Waals surface area contributed by atoms with E-state index in [0.29, 0.717) is 19.0 Å². The molecule has 0 unspecified atom stereocenters. The largest absolute Gasteiger partial charge is 0.396 e. The highest BCUT2D eigenvalue weighted by atomic mass is 16.3. The fraction of sp³-hybridized carbons (Fsp3) is 0.900. The summed E-state index contributed by atoms with van der Waals surface area (Å²) in [5, 5.41) is 11.7. The molecule has 1 amide bonds. The molecule has 0 aromatic rings. The van der Waals surface area contributed by atoms with E-state index >= 15 is 0 Å². The molecule has 1 aliphatic rings. The summed E-state index contributed by atoms with van der Waals surface area (Å²) >= 11 is 0. The van der Waals surface area contributed by atoms with E-state index in [0.717, 1.165) is 25.9 Å². The summed E-state index contributed by atoms with van der Waals surface area (Å²) in [5.41, 5.74) is 0. The molecule has 2 N–H and O–H groups in total. The average Bonchev–Trinajstić information content (AvgIpc) is 2.19. The maximum atomic E-state index is 11.3. The highest BCUT2D eigenvalue weighted by Crippen LogP contribution is 2.15. The van der Waals surface area contributed by atoms with Gasteiger partial charge in [-0.05, 0) is 38.8 Å². The van der Waals surface area contributed by atoms with E-state index in [4.69, 9.17) is 5.11 Å². The summed E-state index contributed by atoms with van der Waals surface area (Å²) in [4.78, 5) is 13.4. The summed E-state index contributed by atoms with van der Waals surface area (Å²) in [6, 6.07) is 0. The van der Waals surface area contributed by atoms with Gasteiger partial charge in [-0.15, -0.1) is 0 Å². The first kappa shape index (κ1) is 11.5. The highest BCUT2D eigenvalue weighted by Gasteiger charge is 2.19. The SMILES string of the molecule is CCNC(=O)CN1CCC(CO)CC1. The summed E-state index contributed by atoms with van der Waals surface area (Å²) in [5.74, 6) is 0.551. The number of nitrogens with one attached hydrogen (secondary N) is 1. The van der Waals surface area contributed by atoms with Gasteiger partial charge in [-0.25, -0.2) is 0 Å². The third-order valence-electron chi connectivity index (χ3n) is 2.71. The third kappa shape index (κ3) is 3.64. The van der Waals surface area contributed by atoms with Gasteiger partial charge in [-0.1, -0.05) is 0 Å². The van der Waals surface area contributed by atoms with Crippen LogP contribution in [0.2, 0.25) is 0 Å². The minimum Gasteiger partial charge on any atom is -0.396 e. The molecule has 1 saturated heterocycles. The number of aliphatic hydroxyl groups excluding tert-OH is 1. The maximum absolute atomic E-state index is 11.3. The molecule has 0 aromatic carbocycles. The Hall–Kier alpha value is -0.610. The molecule has 1 rings (SSSR count). The van der Waals surface area contributed by atoms with E-state index in [1.165, 1.54) is 0 Å². The van der Waals surface area contributed by atoms with Gasteiger partial charge in [-0.3, -0.25) is 9.69 Å². The number of piperidine rings is 1. The predicted octanol–water partition coefficient (Wildman–Crippen LogP) is -0.173. The van der Waals surface area contributed by atoms with Crippen LogP contribution >= 0.6 is 0 Å². The van der Waals surface area contributed by atoms with Crippen molar-refractivity contribution in [3.05, 3.63) is 0 Å². The van der Waals surface area contributed by atoms with Crippen molar-refractivity contribution in [2.45, 2.75) is 19.8 Å². The second kappa shape index (κ2) is 5.98. The molecule has 0 saturated carbocycles. The molecule has 1 heterocycles. The number of nitrogens with zero attached hydrogens (tertiary/aromatic N) is 1. The lowest BCUT2D eigenvalue weighted by molar-refractivity contribution is -0.122. The second-order valence-corrected chi connectivity index (χ2v) is 3.86.